The fraction of sp³-hybridized carbons (Fsp3) is 0.286. The maximum Gasteiger partial charge on any atom is 0.267 e. The first-order valence-electron chi connectivity index (χ1n) is 6.76. The predicted molar refractivity (Wildman–Crippen MR) is 79.2 cm³/mol. The second-order valence-electron chi connectivity index (χ2n) is 4.81. The molecule has 2 N–H and O–H groups in total. The van der Waals surface area contributed by atoms with E-state index in [1.165, 1.54) is 12.0 Å². The Bertz CT molecular complexity index is 624. The molecule has 0 saturated carbocycles. The molecule has 7 nitrogen and oxygen atoms in total. The highest BCUT2D eigenvalue weighted by Gasteiger charge is 2.19. The SMILES string of the molecule is NC(=O)c1cc(N2CCN(c3ccncc3)CC2)ncn1. The fourth-order valence-corrected chi connectivity index (χ4v) is 2.40. The molecule has 1 amide bonds. The van der Waals surface area contributed by atoms with Crippen molar-refractivity contribution in [2.45, 2.75) is 0 Å². The number of carbonyl (C=O) groups excluding carboxylic acids is 1. The Balaban J connectivity index is 1.68. The highest BCUT2D eigenvalue weighted by atomic mass is 16.1. The topological polar surface area (TPSA) is 88.2 Å². The molecule has 0 spiro atoms. The lowest BCUT2D eigenvalue weighted by molar-refractivity contribution is 0.0995. The molecule has 0 bridgehead atoms. The second-order valence-corrected chi connectivity index (χ2v) is 4.81. The van der Waals surface area contributed by atoms with Crippen LogP contribution in [0, 0.1) is 0 Å². The van der Waals surface area contributed by atoms with Gasteiger partial charge in [0.25, 0.3) is 5.91 Å². The molecule has 0 aromatic carbocycles. The molecule has 0 aliphatic carbocycles. The average Bonchev–Trinajstić information content (AvgIpc) is 2.56. The molecule has 1 fully saturated rings. The van der Waals surface area contributed by atoms with E-state index in [1.54, 1.807) is 18.5 Å². The van der Waals surface area contributed by atoms with Crippen LogP contribution in [0.4, 0.5) is 11.5 Å². The zero-order valence-electron chi connectivity index (χ0n) is 11.5. The van der Waals surface area contributed by atoms with Crippen LogP contribution in [0.2, 0.25) is 0 Å². The Morgan fingerprint density at radius 3 is 2.38 bits per heavy atom. The van der Waals surface area contributed by atoms with Gasteiger partial charge in [0, 0.05) is 50.3 Å². The van der Waals surface area contributed by atoms with Crippen molar-refractivity contribution in [1.82, 2.24) is 15.0 Å². The van der Waals surface area contributed by atoms with Gasteiger partial charge < -0.3 is 15.5 Å². The van der Waals surface area contributed by atoms with Crippen molar-refractivity contribution in [3.8, 4) is 0 Å². The van der Waals surface area contributed by atoms with Crippen LogP contribution in [0.15, 0.2) is 36.9 Å². The lowest BCUT2D eigenvalue weighted by Gasteiger charge is -2.36. The average molecular weight is 284 g/mol. The molecule has 108 valence electrons. The number of aromatic nitrogens is 3. The van der Waals surface area contributed by atoms with Crippen molar-refractivity contribution in [2.24, 2.45) is 5.73 Å². The Hall–Kier alpha value is -2.70. The normalized spacial score (nSPS) is 15.0. The number of anilines is 2. The summed E-state index contributed by atoms with van der Waals surface area (Å²) in [5.41, 5.74) is 6.67. The van der Waals surface area contributed by atoms with Crippen LogP contribution in [0.3, 0.4) is 0 Å². The van der Waals surface area contributed by atoms with E-state index in [9.17, 15) is 4.79 Å². The van der Waals surface area contributed by atoms with Gasteiger partial charge in [0.1, 0.15) is 17.8 Å². The van der Waals surface area contributed by atoms with E-state index >= 15 is 0 Å². The largest absolute Gasteiger partial charge is 0.368 e. The summed E-state index contributed by atoms with van der Waals surface area (Å²) in [6.45, 7) is 3.44. The minimum Gasteiger partial charge on any atom is -0.368 e. The van der Waals surface area contributed by atoms with Gasteiger partial charge in [0.15, 0.2) is 0 Å². The summed E-state index contributed by atoms with van der Waals surface area (Å²) in [5, 5.41) is 0. The van der Waals surface area contributed by atoms with Gasteiger partial charge in [0.2, 0.25) is 0 Å². The first kappa shape index (κ1) is 13.3. The summed E-state index contributed by atoms with van der Waals surface area (Å²) >= 11 is 0. The summed E-state index contributed by atoms with van der Waals surface area (Å²) < 4.78 is 0. The Morgan fingerprint density at radius 1 is 1.05 bits per heavy atom. The molecule has 3 heterocycles. The molecule has 0 atom stereocenters. The summed E-state index contributed by atoms with van der Waals surface area (Å²) in [6, 6.07) is 5.65. The number of pyridine rings is 1. The molecule has 1 saturated heterocycles. The van der Waals surface area contributed by atoms with E-state index in [0.29, 0.717) is 0 Å². The van der Waals surface area contributed by atoms with Gasteiger partial charge in [-0.05, 0) is 12.1 Å². The van der Waals surface area contributed by atoms with Crippen LogP contribution in [0.1, 0.15) is 10.5 Å². The van der Waals surface area contributed by atoms with Crippen LogP contribution in [-0.4, -0.2) is 47.0 Å². The lowest BCUT2D eigenvalue weighted by Crippen LogP contribution is -2.46. The number of primary amides is 1. The molecule has 7 heteroatoms. The van der Waals surface area contributed by atoms with Gasteiger partial charge in [-0.15, -0.1) is 0 Å². The molecular formula is C14H16N6O. The second kappa shape index (κ2) is 5.74. The van der Waals surface area contributed by atoms with Crippen LogP contribution in [0.25, 0.3) is 0 Å². The van der Waals surface area contributed by atoms with Crippen molar-refractivity contribution in [3.05, 3.63) is 42.6 Å². The molecule has 3 rings (SSSR count). The zero-order valence-corrected chi connectivity index (χ0v) is 11.5. The third-order valence-corrected chi connectivity index (χ3v) is 3.54. The van der Waals surface area contributed by atoms with Gasteiger partial charge in [-0.1, -0.05) is 0 Å². The number of nitrogens with zero attached hydrogens (tertiary/aromatic N) is 5. The first-order valence-corrected chi connectivity index (χ1v) is 6.76. The summed E-state index contributed by atoms with van der Waals surface area (Å²) in [4.78, 5) is 27.7. The van der Waals surface area contributed by atoms with Gasteiger partial charge >= 0.3 is 0 Å². The van der Waals surface area contributed by atoms with E-state index < -0.39 is 5.91 Å². The zero-order chi connectivity index (χ0) is 14.7. The van der Waals surface area contributed by atoms with Gasteiger partial charge in [-0.3, -0.25) is 9.78 Å². The smallest absolute Gasteiger partial charge is 0.267 e. The molecule has 2 aromatic heterocycles. The number of carbonyl (C=O) groups is 1. The van der Waals surface area contributed by atoms with Crippen LogP contribution < -0.4 is 15.5 Å². The van der Waals surface area contributed by atoms with Gasteiger partial charge in [-0.2, -0.15) is 0 Å². The van der Waals surface area contributed by atoms with Gasteiger partial charge in [-0.25, -0.2) is 9.97 Å². The molecule has 21 heavy (non-hydrogen) atoms. The fourth-order valence-electron chi connectivity index (χ4n) is 2.40. The van der Waals surface area contributed by atoms with E-state index in [0.717, 1.165) is 32.0 Å². The predicted octanol–water partition coefficient (Wildman–Crippen LogP) is 0.297. The van der Waals surface area contributed by atoms with Crippen molar-refractivity contribution in [1.29, 1.82) is 0 Å². The third kappa shape index (κ3) is 2.91. The quantitative estimate of drug-likeness (QED) is 0.872. The minimum absolute atomic E-state index is 0.247. The molecule has 0 radical (unpaired) electrons. The third-order valence-electron chi connectivity index (χ3n) is 3.54. The van der Waals surface area contributed by atoms with E-state index in [-0.39, 0.29) is 5.69 Å². The molecule has 0 unspecified atom stereocenters. The summed E-state index contributed by atoms with van der Waals surface area (Å²) in [7, 11) is 0. The maximum atomic E-state index is 11.2. The number of amides is 1. The van der Waals surface area contributed by atoms with Crippen LogP contribution >= 0.6 is 0 Å². The molecular weight excluding hydrogens is 268 g/mol. The Morgan fingerprint density at radius 2 is 1.71 bits per heavy atom. The lowest BCUT2D eigenvalue weighted by atomic mass is 10.2. The monoisotopic (exact) mass is 284 g/mol. The van der Waals surface area contributed by atoms with E-state index in [4.69, 9.17) is 5.73 Å². The number of piperazine rings is 1. The van der Waals surface area contributed by atoms with Crippen LogP contribution in [-0.2, 0) is 0 Å². The minimum atomic E-state index is -0.533. The van der Waals surface area contributed by atoms with E-state index in [2.05, 4.69) is 24.8 Å². The highest BCUT2D eigenvalue weighted by Crippen LogP contribution is 2.18. The molecule has 1 aliphatic heterocycles. The van der Waals surface area contributed by atoms with Crippen molar-refractivity contribution in [2.75, 3.05) is 36.0 Å². The molecule has 1 aliphatic rings. The van der Waals surface area contributed by atoms with Crippen molar-refractivity contribution >= 4 is 17.4 Å². The Kier molecular flexibility index (Phi) is 3.63. The number of hydrogen-bond donors (Lipinski definition) is 1. The van der Waals surface area contributed by atoms with Gasteiger partial charge in [0.05, 0.1) is 0 Å². The van der Waals surface area contributed by atoms with Crippen molar-refractivity contribution in [3.63, 3.8) is 0 Å². The Labute approximate surface area is 122 Å². The van der Waals surface area contributed by atoms with E-state index in [1.807, 2.05) is 12.1 Å². The first-order chi connectivity index (χ1) is 10.2. The highest BCUT2D eigenvalue weighted by molar-refractivity contribution is 5.91. The number of rotatable bonds is 3. The summed E-state index contributed by atoms with van der Waals surface area (Å²) in [6.07, 6.45) is 4.97. The maximum absolute atomic E-state index is 11.2. The standard InChI is InChI=1S/C14H16N6O/c15-14(21)12-9-13(18-10-17-12)20-7-5-19(6-8-20)11-1-3-16-4-2-11/h1-4,9-10H,5-8H2,(H2,15,21). The summed E-state index contributed by atoms with van der Waals surface area (Å²) in [5.74, 6) is 0.210. The van der Waals surface area contributed by atoms with Crippen LogP contribution in [0.5, 0.6) is 0 Å². The number of nitrogens with two attached hydrogens (primary N) is 1. The molecule has 2 aromatic rings. The van der Waals surface area contributed by atoms with Crippen molar-refractivity contribution < 1.29 is 4.79 Å². The number of hydrogen-bond acceptors (Lipinski definition) is 6.